The molecule has 0 radical (unpaired) electrons. The molecule has 1 heterocycles. The van der Waals surface area contributed by atoms with Crippen molar-refractivity contribution < 1.29 is 18.6 Å². The fraction of sp³-hybridized carbons (Fsp3) is 0.333. The van der Waals surface area contributed by atoms with Gasteiger partial charge in [0.1, 0.15) is 19.0 Å². The number of hydrogen-bond donors (Lipinski definition) is 0. The first-order valence-electron chi connectivity index (χ1n) is 6.50. The summed E-state index contributed by atoms with van der Waals surface area (Å²) in [5.74, 6) is 0.639. The van der Waals surface area contributed by atoms with Crippen molar-refractivity contribution in [3.05, 3.63) is 36.3 Å². The van der Waals surface area contributed by atoms with Crippen molar-refractivity contribution in [2.24, 2.45) is 0 Å². The summed E-state index contributed by atoms with van der Waals surface area (Å²) in [5, 5.41) is 0.827. The molecule has 0 spiro atoms. The molecule has 5 nitrogen and oxygen atoms in total. The molecule has 1 aromatic heterocycles. The van der Waals surface area contributed by atoms with Crippen LogP contribution in [0.25, 0.3) is 10.9 Å². The van der Waals surface area contributed by atoms with Crippen LogP contribution in [0, 0.1) is 0 Å². The standard InChI is InChI=1S/C15H17FN2O3/c1-11(8-16)10-21-13-3-4-14-12(7-13)9-17-15(18-14)20-6-5-19-2/h3-4,7-9H,5-6,10H2,1-2H3/b11-8+. The average Bonchev–Trinajstić information content (AvgIpc) is 2.52. The molecule has 0 atom stereocenters. The van der Waals surface area contributed by atoms with Crippen LogP contribution in [-0.2, 0) is 4.74 Å². The minimum atomic E-state index is 0.209. The maximum atomic E-state index is 12.2. The van der Waals surface area contributed by atoms with E-state index in [2.05, 4.69) is 9.97 Å². The minimum Gasteiger partial charge on any atom is -0.489 e. The highest BCUT2D eigenvalue weighted by Crippen LogP contribution is 2.20. The Kier molecular flexibility index (Phi) is 5.45. The van der Waals surface area contributed by atoms with Gasteiger partial charge in [0.05, 0.1) is 18.5 Å². The van der Waals surface area contributed by atoms with E-state index in [1.165, 1.54) is 0 Å². The molecule has 0 aliphatic carbocycles. The number of methoxy groups -OCH3 is 1. The molecular weight excluding hydrogens is 275 g/mol. The van der Waals surface area contributed by atoms with Crippen LogP contribution in [0.15, 0.2) is 36.3 Å². The number of ether oxygens (including phenoxy) is 3. The van der Waals surface area contributed by atoms with Crippen molar-refractivity contribution in [3.8, 4) is 11.8 Å². The SMILES string of the molecule is COCCOc1ncc2cc(OC/C(C)=C/F)ccc2n1. The fourth-order valence-corrected chi connectivity index (χ4v) is 1.60. The van der Waals surface area contributed by atoms with Crippen molar-refractivity contribution >= 4 is 10.9 Å². The van der Waals surface area contributed by atoms with Gasteiger partial charge < -0.3 is 14.2 Å². The lowest BCUT2D eigenvalue weighted by atomic mass is 10.2. The molecule has 0 aliphatic rings. The van der Waals surface area contributed by atoms with E-state index in [1.54, 1.807) is 32.4 Å². The van der Waals surface area contributed by atoms with E-state index in [0.29, 0.717) is 36.9 Å². The van der Waals surface area contributed by atoms with Gasteiger partial charge in [-0.1, -0.05) is 0 Å². The molecule has 2 aromatic rings. The normalized spacial score (nSPS) is 11.7. The zero-order valence-corrected chi connectivity index (χ0v) is 12.0. The Hall–Kier alpha value is -2.21. The van der Waals surface area contributed by atoms with E-state index < -0.39 is 0 Å². The van der Waals surface area contributed by atoms with E-state index in [4.69, 9.17) is 14.2 Å². The van der Waals surface area contributed by atoms with E-state index in [1.807, 2.05) is 6.07 Å². The number of aromatic nitrogens is 2. The molecule has 21 heavy (non-hydrogen) atoms. The highest BCUT2D eigenvalue weighted by molar-refractivity contribution is 5.79. The van der Waals surface area contributed by atoms with Crippen LogP contribution in [0.5, 0.6) is 11.8 Å². The maximum absolute atomic E-state index is 12.2. The lowest BCUT2D eigenvalue weighted by Crippen LogP contribution is -2.06. The van der Waals surface area contributed by atoms with Crippen LogP contribution < -0.4 is 9.47 Å². The van der Waals surface area contributed by atoms with Crippen molar-refractivity contribution in [1.82, 2.24) is 9.97 Å². The summed E-state index contributed by atoms with van der Waals surface area (Å²) in [6.07, 6.45) is 2.20. The van der Waals surface area contributed by atoms with Gasteiger partial charge >= 0.3 is 6.01 Å². The first kappa shape index (κ1) is 15.2. The lowest BCUT2D eigenvalue weighted by molar-refractivity contribution is 0.141. The zero-order valence-electron chi connectivity index (χ0n) is 12.0. The topological polar surface area (TPSA) is 53.5 Å². The number of halogens is 1. The van der Waals surface area contributed by atoms with Gasteiger partial charge in [-0.05, 0) is 30.7 Å². The van der Waals surface area contributed by atoms with Crippen LogP contribution in [0.1, 0.15) is 6.92 Å². The number of fused-ring (bicyclic) bond motifs is 1. The van der Waals surface area contributed by atoms with Crippen molar-refractivity contribution in [2.75, 3.05) is 26.9 Å². The lowest BCUT2D eigenvalue weighted by Gasteiger charge is -2.07. The highest BCUT2D eigenvalue weighted by Gasteiger charge is 2.03. The summed E-state index contributed by atoms with van der Waals surface area (Å²) < 4.78 is 27.9. The summed E-state index contributed by atoms with van der Waals surface area (Å²) in [5.41, 5.74) is 1.27. The van der Waals surface area contributed by atoms with Crippen LogP contribution in [-0.4, -0.2) is 36.9 Å². The van der Waals surface area contributed by atoms with Gasteiger partial charge in [0.15, 0.2) is 0 Å². The Bertz CT molecular complexity index is 631. The van der Waals surface area contributed by atoms with Crippen LogP contribution in [0.4, 0.5) is 4.39 Å². The Balaban J connectivity index is 2.08. The molecule has 0 amide bonds. The molecule has 2 rings (SSSR count). The predicted molar refractivity (Wildman–Crippen MR) is 77.3 cm³/mol. The van der Waals surface area contributed by atoms with Crippen LogP contribution in [0.2, 0.25) is 0 Å². The third kappa shape index (κ3) is 4.39. The molecule has 0 fully saturated rings. The summed E-state index contributed by atoms with van der Waals surface area (Å²) in [6.45, 7) is 2.75. The van der Waals surface area contributed by atoms with E-state index in [-0.39, 0.29) is 6.61 Å². The number of hydrogen-bond acceptors (Lipinski definition) is 5. The van der Waals surface area contributed by atoms with E-state index >= 15 is 0 Å². The second-order valence-electron chi connectivity index (χ2n) is 4.46. The highest BCUT2D eigenvalue weighted by atomic mass is 19.1. The van der Waals surface area contributed by atoms with Crippen LogP contribution in [0.3, 0.4) is 0 Å². The average molecular weight is 292 g/mol. The molecule has 0 saturated carbocycles. The minimum absolute atomic E-state index is 0.209. The Morgan fingerprint density at radius 2 is 2.14 bits per heavy atom. The maximum Gasteiger partial charge on any atom is 0.316 e. The molecular formula is C15H17FN2O3. The Morgan fingerprint density at radius 3 is 2.90 bits per heavy atom. The molecule has 1 aromatic carbocycles. The van der Waals surface area contributed by atoms with Gasteiger partial charge in [0.25, 0.3) is 0 Å². The predicted octanol–water partition coefficient (Wildman–Crippen LogP) is 2.91. The summed E-state index contributed by atoms with van der Waals surface area (Å²) in [7, 11) is 1.60. The molecule has 112 valence electrons. The van der Waals surface area contributed by atoms with Gasteiger partial charge in [0, 0.05) is 18.7 Å². The zero-order chi connectivity index (χ0) is 15.1. The Labute approximate surface area is 122 Å². The largest absolute Gasteiger partial charge is 0.489 e. The van der Waals surface area contributed by atoms with Crippen molar-refractivity contribution in [2.45, 2.75) is 6.92 Å². The van der Waals surface area contributed by atoms with Gasteiger partial charge in [-0.2, -0.15) is 4.98 Å². The monoisotopic (exact) mass is 292 g/mol. The number of nitrogens with zero attached hydrogens (tertiary/aromatic N) is 2. The molecule has 0 aliphatic heterocycles. The van der Waals surface area contributed by atoms with E-state index in [0.717, 1.165) is 10.9 Å². The fourth-order valence-electron chi connectivity index (χ4n) is 1.60. The molecule has 0 unspecified atom stereocenters. The number of rotatable bonds is 7. The van der Waals surface area contributed by atoms with Gasteiger partial charge in [-0.25, -0.2) is 9.37 Å². The Morgan fingerprint density at radius 1 is 1.29 bits per heavy atom. The summed E-state index contributed by atoms with van der Waals surface area (Å²) in [4.78, 5) is 8.40. The van der Waals surface area contributed by atoms with Gasteiger partial charge in [0.2, 0.25) is 0 Å². The van der Waals surface area contributed by atoms with Crippen molar-refractivity contribution in [1.29, 1.82) is 0 Å². The summed E-state index contributed by atoms with van der Waals surface area (Å²) in [6, 6.07) is 5.70. The third-order valence-electron chi connectivity index (χ3n) is 2.70. The van der Waals surface area contributed by atoms with Gasteiger partial charge in [-0.3, -0.25) is 0 Å². The second-order valence-corrected chi connectivity index (χ2v) is 4.46. The molecule has 0 bridgehead atoms. The first-order chi connectivity index (χ1) is 10.2. The van der Waals surface area contributed by atoms with Gasteiger partial charge in [-0.15, -0.1) is 0 Å². The first-order valence-corrected chi connectivity index (χ1v) is 6.50. The molecule has 6 heteroatoms. The van der Waals surface area contributed by atoms with Crippen LogP contribution >= 0.6 is 0 Å². The molecule has 0 saturated heterocycles. The smallest absolute Gasteiger partial charge is 0.316 e. The third-order valence-corrected chi connectivity index (χ3v) is 2.70. The number of benzene rings is 1. The van der Waals surface area contributed by atoms with E-state index in [9.17, 15) is 4.39 Å². The quantitative estimate of drug-likeness (QED) is 0.734. The molecule has 0 N–H and O–H groups in total. The summed E-state index contributed by atoms with van der Waals surface area (Å²) >= 11 is 0. The second kappa shape index (κ2) is 7.54. The van der Waals surface area contributed by atoms with Crippen molar-refractivity contribution in [3.63, 3.8) is 0 Å².